The van der Waals surface area contributed by atoms with E-state index in [0.717, 1.165) is 37.4 Å². The van der Waals surface area contributed by atoms with Gasteiger partial charge in [-0.1, -0.05) is 18.2 Å². The number of aryl methyl sites for hydroxylation is 1. The molecule has 3 rings (SSSR count). The van der Waals surface area contributed by atoms with Crippen LogP contribution in [0.15, 0.2) is 30.3 Å². The molecule has 1 atom stereocenters. The number of piperazine rings is 1. The van der Waals surface area contributed by atoms with Gasteiger partial charge < -0.3 is 10.2 Å². The van der Waals surface area contributed by atoms with Crippen molar-refractivity contribution in [2.24, 2.45) is 0 Å². The molecule has 1 saturated heterocycles. The largest absolute Gasteiger partial charge is 0.383 e. The van der Waals surface area contributed by atoms with Crippen LogP contribution in [0.5, 0.6) is 0 Å². The van der Waals surface area contributed by atoms with E-state index in [1.807, 2.05) is 6.07 Å². The molecular weight excluding hydrogens is 260 g/mol. The van der Waals surface area contributed by atoms with Crippen LogP contribution >= 0.6 is 0 Å². The maximum absolute atomic E-state index is 4.60. The first-order valence-electron chi connectivity index (χ1n) is 7.62. The number of pyridine rings is 1. The number of nitrogens with one attached hydrogen (secondary N) is 1. The van der Waals surface area contributed by atoms with E-state index in [1.165, 1.54) is 11.1 Å². The molecular formula is C17H24N4. The molecule has 0 amide bonds. The van der Waals surface area contributed by atoms with Gasteiger partial charge in [0.05, 0.1) is 5.52 Å². The number of para-hydroxylation sites is 1. The lowest BCUT2D eigenvalue weighted by Gasteiger charge is -2.38. The van der Waals surface area contributed by atoms with E-state index in [-0.39, 0.29) is 0 Å². The number of rotatable bonds is 3. The highest BCUT2D eigenvalue weighted by Crippen LogP contribution is 2.23. The second-order valence-corrected chi connectivity index (χ2v) is 6.11. The van der Waals surface area contributed by atoms with Gasteiger partial charge >= 0.3 is 0 Å². The molecule has 2 aromatic rings. The number of benzene rings is 1. The minimum Gasteiger partial charge on any atom is -0.383 e. The van der Waals surface area contributed by atoms with Crippen LogP contribution in [0.1, 0.15) is 5.69 Å². The molecule has 4 heteroatoms. The molecule has 1 aromatic heterocycles. The van der Waals surface area contributed by atoms with Gasteiger partial charge in [0, 0.05) is 49.0 Å². The third-order valence-corrected chi connectivity index (χ3v) is 4.35. The van der Waals surface area contributed by atoms with Gasteiger partial charge in [-0.25, -0.2) is 0 Å². The van der Waals surface area contributed by atoms with Crippen LogP contribution in [0, 0.1) is 6.92 Å². The van der Waals surface area contributed by atoms with E-state index in [1.54, 1.807) is 0 Å². The van der Waals surface area contributed by atoms with Crippen LogP contribution in [0.3, 0.4) is 0 Å². The Labute approximate surface area is 126 Å². The molecule has 1 fully saturated rings. The highest BCUT2D eigenvalue weighted by molar-refractivity contribution is 5.91. The van der Waals surface area contributed by atoms with Gasteiger partial charge in [0.15, 0.2) is 0 Å². The van der Waals surface area contributed by atoms with Crippen molar-refractivity contribution in [3.05, 3.63) is 36.0 Å². The average Bonchev–Trinajstić information content (AvgIpc) is 2.47. The predicted molar refractivity (Wildman–Crippen MR) is 88.9 cm³/mol. The Kier molecular flexibility index (Phi) is 4.08. The molecule has 0 spiro atoms. The van der Waals surface area contributed by atoms with Gasteiger partial charge in [0.1, 0.15) is 0 Å². The zero-order chi connectivity index (χ0) is 14.8. The summed E-state index contributed by atoms with van der Waals surface area (Å²) in [5, 5.41) is 4.84. The normalized spacial score (nSPS) is 20.8. The van der Waals surface area contributed by atoms with Crippen molar-refractivity contribution >= 4 is 16.6 Å². The van der Waals surface area contributed by atoms with Crippen LogP contribution in [0.25, 0.3) is 10.9 Å². The molecule has 112 valence electrons. The second-order valence-electron chi connectivity index (χ2n) is 6.11. The zero-order valence-corrected chi connectivity index (χ0v) is 13.1. The lowest BCUT2D eigenvalue weighted by Crippen LogP contribution is -2.52. The molecule has 4 nitrogen and oxygen atoms in total. The maximum Gasteiger partial charge on any atom is 0.0725 e. The van der Waals surface area contributed by atoms with Gasteiger partial charge in [-0.2, -0.15) is 0 Å². The van der Waals surface area contributed by atoms with Crippen molar-refractivity contribution in [1.29, 1.82) is 0 Å². The van der Waals surface area contributed by atoms with Crippen LogP contribution in [-0.2, 0) is 0 Å². The predicted octanol–water partition coefficient (Wildman–Crippen LogP) is 2.20. The van der Waals surface area contributed by atoms with Crippen LogP contribution < -0.4 is 5.32 Å². The Morgan fingerprint density at radius 2 is 2.05 bits per heavy atom. The molecule has 0 saturated carbocycles. The third kappa shape index (κ3) is 3.17. The third-order valence-electron chi connectivity index (χ3n) is 4.35. The highest BCUT2D eigenvalue weighted by Gasteiger charge is 2.21. The summed E-state index contributed by atoms with van der Waals surface area (Å²) >= 11 is 0. The Morgan fingerprint density at radius 3 is 2.90 bits per heavy atom. The first kappa shape index (κ1) is 14.3. The SMILES string of the molecule is Cc1cc(NCC2CN(C)CCN2C)c2ccccc2n1. The molecule has 2 heterocycles. The summed E-state index contributed by atoms with van der Waals surface area (Å²) < 4.78 is 0. The Balaban J connectivity index is 1.78. The monoisotopic (exact) mass is 284 g/mol. The second kappa shape index (κ2) is 6.00. The van der Waals surface area contributed by atoms with Gasteiger partial charge in [-0.15, -0.1) is 0 Å². The van der Waals surface area contributed by atoms with Crippen molar-refractivity contribution < 1.29 is 0 Å². The molecule has 1 aromatic carbocycles. The van der Waals surface area contributed by atoms with Gasteiger partial charge in [0.2, 0.25) is 0 Å². The molecule has 0 radical (unpaired) electrons. The highest BCUT2D eigenvalue weighted by atomic mass is 15.3. The van der Waals surface area contributed by atoms with E-state index in [4.69, 9.17) is 0 Å². The summed E-state index contributed by atoms with van der Waals surface area (Å²) in [7, 11) is 4.42. The number of nitrogens with zero attached hydrogens (tertiary/aromatic N) is 3. The summed E-state index contributed by atoms with van der Waals surface area (Å²) in [5.41, 5.74) is 3.32. The molecule has 1 N–H and O–H groups in total. The molecule has 21 heavy (non-hydrogen) atoms. The summed E-state index contributed by atoms with van der Waals surface area (Å²) in [6, 6.07) is 11.0. The van der Waals surface area contributed by atoms with Crippen LogP contribution in [0.2, 0.25) is 0 Å². The Hall–Kier alpha value is -1.65. The minimum absolute atomic E-state index is 0.552. The van der Waals surface area contributed by atoms with E-state index >= 15 is 0 Å². The maximum atomic E-state index is 4.60. The van der Waals surface area contributed by atoms with Crippen molar-refractivity contribution in [2.45, 2.75) is 13.0 Å². The van der Waals surface area contributed by atoms with Crippen LogP contribution in [0.4, 0.5) is 5.69 Å². The van der Waals surface area contributed by atoms with Gasteiger partial charge in [-0.3, -0.25) is 9.88 Å². The standard InChI is InChI=1S/C17H24N4/c1-13-10-17(15-6-4-5-7-16(15)19-13)18-11-14-12-20(2)8-9-21(14)3/h4-7,10,14H,8-9,11-12H2,1-3H3,(H,18,19). The summed E-state index contributed by atoms with van der Waals surface area (Å²) in [4.78, 5) is 9.45. The number of likely N-dealkylation sites (N-methyl/N-ethyl adjacent to an activating group) is 2. The smallest absolute Gasteiger partial charge is 0.0725 e. The fourth-order valence-electron chi connectivity index (χ4n) is 3.00. The van der Waals surface area contributed by atoms with Crippen molar-refractivity contribution in [2.75, 3.05) is 45.6 Å². The zero-order valence-electron chi connectivity index (χ0n) is 13.1. The molecule has 0 aliphatic carbocycles. The number of aromatic nitrogens is 1. The lowest BCUT2D eigenvalue weighted by molar-refractivity contribution is 0.122. The van der Waals surface area contributed by atoms with E-state index in [2.05, 4.69) is 65.4 Å². The molecule has 0 bridgehead atoms. The van der Waals surface area contributed by atoms with Crippen molar-refractivity contribution in [3.8, 4) is 0 Å². The van der Waals surface area contributed by atoms with Crippen molar-refractivity contribution in [3.63, 3.8) is 0 Å². The van der Waals surface area contributed by atoms with Gasteiger partial charge in [-0.05, 0) is 33.2 Å². The Bertz CT molecular complexity index is 625. The first-order valence-corrected chi connectivity index (χ1v) is 7.62. The van der Waals surface area contributed by atoms with Gasteiger partial charge in [0.25, 0.3) is 0 Å². The Morgan fingerprint density at radius 1 is 1.24 bits per heavy atom. The lowest BCUT2D eigenvalue weighted by atomic mass is 10.1. The molecule has 1 unspecified atom stereocenters. The fraction of sp³-hybridized carbons (Fsp3) is 0.471. The number of hydrogen-bond donors (Lipinski definition) is 1. The van der Waals surface area contributed by atoms with E-state index in [9.17, 15) is 0 Å². The molecule has 1 aliphatic heterocycles. The van der Waals surface area contributed by atoms with E-state index < -0.39 is 0 Å². The minimum atomic E-state index is 0.552. The first-order chi connectivity index (χ1) is 10.1. The van der Waals surface area contributed by atoms with Crippen molar-refractivity contribution in [1.82, 2.24) is 14.8 Å². The number of anilines is 1. The van der Waals surface area contributed by atoms with E-state index in [0.29, 0.717) is 6.04 Å². The quantitative estimate of drug-likeness (QED) is 0.936. The number of fused-ring (bicyclic) bond motifs is 1. The summed E-state index contributed by atoms with van der Waals surface area (Å²) in [5.74, 6) is 0. The summed E-state index contributed by atoms with van der Waals surface area (Å²) in [6.45, 7) is 6.43. The molecule has 1 aliphatic rings. The number of hydrogen-bond acceptors (Lipinski definition) is 4. The topological polar surface area (TPSA) is 31.4 Å². The summed E-state index contributed by atoms with van der Waals surface area (Å²) in [6.07, 6.45) is 0. The average molecular weight is 284 g/mol. The van der Waals surface area contributed by atoms with Crippen LogP contribution in [-0.4, -0.2) is 61.1 Å². The fourth-order valence-corrected chi connectivity index (χ4v) is 3.00.